The Morgan fingerprint density at radius 1 is 1.40 bits per heavy atom. The highest BCUT2D eigenvalue weighted by atomic mass is 32.1. The van der Waals surface area contributed by atoms with Gasteiger partial charge in [0, 0.05) is 24.5 Å². The lowest BCUT2D eigenvalue weighted by molar-refractivity contribution is 0.274. The Bertz CT molecular complexity index is 301. The summed E-state index contributed by atoms with van der Waals surface area (Å²) in [6.07, 6.45) is 0.910. The number of anilines is 1. The summed E-state index contributed by atoms with van der Waals surface area (Å²) in [6, 6.07) is 0. The van der Waals surface area contributed by atoms with Crippen molar-refractivity contribution in [3.05, 3.63) is 5.82 Å². The van der Waals surface area contributed by atoms with Gasteiger partial charge in [0.15, 0.2) is 0 Å². The van der Waals surface area contributed by atoms with Gasteiger partial charge >= 0.3 is 0 Å². The lowest BCUT2D eigenvalue weighted by Crippen LogP contribution is -2.24. The molecule has 3 nitrogen and oxygen atoms in total. The molecule has 0 fully saturated rings. The fourth-order valence-corrected chi connectivity index (χ4v) is 1.67. The molecule has 4 heteroatoms. The number of rotatable bonds is 4. The number of hydrogen-bond acceptors (Lipinski definition) is 4. The monoisotopic (exact) mass is 227 g/mol. The van der Waals surface area contributed by atoms with Gasteiger partial charge in [-0.2, -0.15) is 4.37 Å². The SMILES string of the molecule is CCc1nsc(NCC(C)C(C)(C)C)n1. The topological polar surface area (TPSA) is 37.8 Å². The van der Waals surface area contributed by atoms with E-state index < -0.39 is 0 Å². The highest BCUT2D eigenvalue weighted by Gasteiger charge is 2.19. The van der Waals surface area contributed by atoms with E-state index in [0.29, 0.717) is 11.3 Å². The van der Waals surface area contributed by atoms with Gasteiger partial charge in [-0.25, -0.2) is 4.98 Å². The fraction of sp³-hybridized carbons (Fsp3) is 0.818. The minimum atomic E-state index is 0.339. The predicted octanol–water partition coefficient (Wildman–Crippen LogP) is 3.19. The van der Waals surface area contributed by atoms with E-state index in [2.05, 4.69) is 49.3 Å². The molecule has 0 amide bonds. The molecule has 86 valence electrons. The molecule has 0 aromatic carbocycles. The minimum absolute atomic E-state index is 0.339. The standard InChI is InChI=1S/C11H21N3S/c1-6-9-13-10(15-14-9)12-7-8(2)11(3,4)5/h8H,6-7H2,1-5H3,(H,12,13,14). The van der Waals surface area contributed by atoms with Gasteiger partial charge in [0.1, 0.15) is 5.82 Å². The van der Waals surface area contributed by atoms with Gasteiger partial charge in [-0.3, -0.25) is 0 Å². The first-order valence-corrected chi connectivity index (χ1v) is 6.27. The second-order valence-electron chi connectivity index (χ2n) is 5.02. The first-order valence-electron chi connectivity index (χ1n) is 5.50. The maximum absolute atomic E-state index is 4.38. The van der Waals surface area contributed by atoms with Crippen molar-refractivity contribution in [3.63, 3.8) is 0 Å². The molecule has 0 spiro atoms. The maximum Gasteiger partial charge on any atom is 0.202 e. The van der Waals surface area contributed by atoms with Crippen molar-refractivity contribution in [3.8, 4) is 0 Å². The van der Waals surface area contributed by atoms with Crippen LogP contribution in [-0.2, 0) is 6.42 Å². The van der Waals surface area contributed by atoms with E-state index in [1.54, 1.807) is 0 Å². The van der Waals surface area contributed by atoms with Crippen molar-refractivity contribution in [2.24, 2.45) is 11.3 Å². The number of nitrogens with one attached hydrogen (secondary N) is 1. The highest BCUT2D eigenvalue weighted by molar-refractivity contribution is 7.09. The van der Waals surface area contributed by atoms with Crippen LogP contribution in [0, 0.1) is 11.3 Å². The number of aromatic nitrogens is 2. The van der Waals surface area contributed by atoms with Crippen LogP contribution in [0.2, 0.25) is 0 Å². The molecule has 0 saturated carbocycles. The Morgan fingerprint density at radius 2 is 2.07 bits per heavy atom. The van der Waals surface area contributed by atoms with E-state index >= 15 is 0 Å². The summed E-state index contributed by atoms with van der Waals surface area (Å²) in [5.41, 5.74) is 0.339. The first kappa shape index (κ1) is 12.4. The molecule has 0 saturated heterocycles. The Balaban J connectivity index is 2.43. The van der Waals surface area contributed by atoms with Gasteiger partial charge in [-0.05, 0) is 11.3 Å². The van der Waals surface area contributed by atoms with Crippen LogP contribution in [0.5, 0.6) is 0 Å². The zero-order chi connectivity index (χ0) is 11.5. The Morgan fingerprint density at radius 3 is 2.53 bits per heavy atom. The molecule has 15 heavy (non-hydrogen) atoms. The Kier molecular flexibility index (Phi) is 4.08. The van der Waals surface area contributed by atoms with Crippen LogP contribution < -0.4 is 5.32 Å². The van der Waals surface area contributed by atoms with E-state index in [0.717, 1.165) is 23.9 Å². The van der Waals surface area contributed by atoms with Crippen molar-refractivity contribution in [1.29, 1.82) is 0 Å². The molecule has 1 N–H and O–H groups in total. The molecule has 0 aliphatic heterocycles. The smallest absolute Gasteiger partial charge is 0.202 e. The van der Waals surface area contributed by atoms with Gasteiger partial charge in [0.05, 0.1) is 0 Å². The number of nitrogens with zero attached hydrogens (tertiary/aromatic N) is 2. The molecule has 0 aliphatic carbocycles. The summed E-state index contributed by atoms with van der Waals surface area (Å²) in [5.74, 6) is 1.55. The number of hydrogen-bond donors (Lipinski definition) is 1. The van der Waals surface area contributed by atoms with Crippen LogP contribution in [-0.4, -0.2) is 15.9 Å². The molecule has 1 atom stereocenters. The molecule has 1 aromatic rings. The third-order valence-corrected chi connectivity index (χ3v) is 3.53. The fourth-order valence-electron chi connectivity index (χ4n) is 1.02. The van der Waals surface area contributed by atoms with E-state index in [4.69, 9.17) is 0 Å². The zero-order valence-corrected chi connectivity index (χ0v) is 11.1. The summed E-state index contributed by atoms with van der Waals surface area (Å²) >= 11 is 1.45. The van der Waals surface area contributed by atoms with Gasteiger partial charge in [-0.15, -0.1) is 0 Å². The molecule has 0 radical (unpaired) electrons. The van der Waals surface area contributed by atoms with Gasteiger partial charge in [0.25, 0.3) is 0 Å². The molecule has 0 bridgehead atoms. The van der Waals surface area contributed by atoms with Crippen LogP contribution in [0.1, 0.15) is 40.4 Å². The zero-order valence-electron chi connectivity index (χ0n) is 10.3. The molecule has 1 rings (SSSR count). The van der Waals surface area contributed by atoms with Crippen molar-refractivity contribution in [1.82, 2.24) is 9.36 Å². The quantitative estimate of drug-likeness (QED) is 0.858. The average molecular weight is 227 g/mol. The second kappa shape index (κ2) is 4.92. The minimum Gasteiger partial charge on any atom is -0.360 e. The highest BCUT2D eigenvalue weighted by Crippen LogP contribution is 2.25. The molecular weight excluding hydrogens is 206 g/mol. The predicted molar refractivity (Wildman–Crippen MR) is 66.4 cm³/mol. The van der Waals surface area contributed by atoms with Crippen molar-refractivity contribution >= 4 is 16.7 Å². The maximum atomic E-state index is 4.38. The largest absolute Gasteiger partial charge is 0.360 e. The van der Waals surface area contributed by atoms with Crippen LogP contribution in [0.4, 0.5) is 5.13 Å². The summed E-state index contributed by atoms with van der Waals surface area (Å²) in [4.78, 5) is 4.38. The Labute approximate surface area is 96.5 Å². The van der Waals surface area contributed by atoms with Gasteiger partial charge in [0.2, 0.25) is 5.13 Å². The van der Waals surface area contributed by atoms with E-state index in [1.807, 2.05) is 0 Å². The van der Waals surface area contributed by atoms with Crippen LogP contribution in [0.15, 0.2) is 0 Å². The van der Waals surface area contributed by atoms with Crippen molar-refractivity contribution < 1.29 is 0 Å². The molecule has 1 aromatic heterocycles. The third kappa shape index (κ3) is 3.78. The van der Waals surface area contributed by atoms with E-state index in [9.17, 15) is 0 Å². The average Bonchev–Trinajstić information content (AvgIpc) is 2.60. The normalized spacial score (nSPS) is 13.9. The van der Waals surface area contributed by atoms with Crippen molar-refractivity contribution in [2.75, 3.05) is 11.9 Å². The lowest BCUT2D eigenvalue weighted by atomic mass is 9.82. The lowest BCUT2D eigenvalue weighted by Gasteiger charge is -2.27. The molecular formula is C11H21N3S. The van der Waals surface area contributed by atoms with E-state index in [1.165, 1.54) is 11.5 Å². The van der Waals surface area contributed by atoms with Gasteiger partial charge in [-0.1, -0.05) is 34.6 Å². The Hall–Kier alpha value is -0.640. The summed E-state index contributed by atoms with van der Waals surface area (Å²) < 4.78 is 4.24. The second-order valence-corrected chi connectivity index (χ2v) is 5.77. The van der Waals surface area contributed by atoms with Crippen LogP contribution >= 0.6 is 11.5 Å². The van der Waals surface area contributed by atoms with Gasteiger partial charge < -0.3 is 5.32 Å². The summed E-state index contributed by atoms with van der Waals surface area (Å²) in [5, 5.41) is 4.30. The van der Waals surface area contributed by atoms with Crippen LogP contribution in [0.25, 0.3) is 0 Å². The summed E-state index contributed by atoms with van der Waals surface area (Å²) in [6.45, 7) is 12.1. The van der Waals surface area contributed by atoms with Crippen LogP contribution in [0.3, 0.4) is 0 Å². The molecule has 1 heterocycles. The first-order chi connectivity index (χ1) is 6.93. The molecule has 1 unspecified atom stereocenters. The number of aryl methyl sites for hydroxylation is 1. The molecule has 0 aliphatic rings. The van der Waals surface area contributed by atoms with Crippen molar-refractivity contribution in [2.45, 2.75) is 41.0 Å². The third-order valence-electron chi connectivity index (χ3n) is 2.82. The van der Waals surface area contributed by atoms with E-state index in [-0.39, 0.29) is 0 Å². The summed E-state index contributed by atoms with van der Waals surface area (Å²) in [7, 11) is 0.